The van der Waals surface area contributed by atoms with Crippen LogP contribution in [0.1, 0.15) is 20.8 Å². The first kappa shape index (κ1) is 8.28. The van der Waals surface area contributed by atoms with Gasteiger partial charge in [-0.25, -0.2) is 0 Å². The van der Waals surface area contributed by atoms with E-state index in [2.05, 4.69) is 0 Å². The maximum atomic E-state index is 5.15. The molecule has 0 N–H and O–H groups in total. The highest BCUT2D eigenvalue weighted by Crippen LogP contribution is 1.93. The summed E-state index contributed by atoms with van der Waals surface area (Å²) in [4.78, 5) is 0. The Balaban J connectivity index is 3.55. The minimum Gasteiger partial charge on any atom is -0.499 e. The fourth-order valence-electron chi connectivity index (χ4n) is 0.508. The lowest BCUT2D eigenvalue weighted by molar-refractivity contribution is 0.231. The number of rotatable bonds is 3. The molecular weight excluding hydrogens is 112 g/mol. The molecule has 0 bridgehead atoms. The van der Waals surface area contributed by atoms with Crippen molar-refractivity contribution in [2.24, 2.45) is 0 Å². The van der Waals surface area contributed by atoms with Crippen LogP contribution in [0.3, 0.4) is 0 Å². The molecule has 0 aliphatic rings. The third-order valence-corrected chi connectivity index (χ3v) is 0.895. The third kappa shape index (κ3) is 5.15. The molecule has 0 saturated heterocycles. The quantitative estimate of drug-likeness (QED) is 0.417. The standard InChI is InChI=1S/C8H14O/c1-4-6-7-8(3)9-5-2/h4,6-7H,5H2,1-3H3/b6-4+,8-7-. The molecule has 0 atom stereocenters. The summed E-state index contributed by atoms with van der Waals surface area (Å²) < 4.78 is 5.15. The summed E-state index contributed by atoms with van der Waals surface area (Å²) in [5, 5.41) is 0. The highest BCUT2D eigenvalue weighted by atomic mass is 16.5. The van der Waals surface area contributed by atoms with Gasteiger partial charge in [-0.2, -0.15) is 0 Å². The first-order valence-corrected chi connectivity index (χ1v) is 3.23. The zero-order valence-corrected chi connectivity index (χ0v) is 6.35. The molecule has 0 radical (unpaired) electrons. The summed E-state index contributed by atoms with van der Waals surface area (Å²) in [5.74, 6) is 0.968. The van der Waals surface area contributed by atoms with Gasteiger partial charge in [-0.05, 0) is 26.8 Å². The lowest BCUT2D eigenvalue weighted by Crippen LogP contribution is -1.84. The first-order chi connectivity index (χ1) is 4.31. The van der Waals surface area contributed by atoms with E-state index in [0.29, 0.717) is 0 Å². The van der Waals surface area contributed by atoms with Crippen molar-refractivity contribution in [3.8, 4) is 0 Å². The SMILES string of the molecule is C/C=C/C=C(/C)OCC. The van der Waals surface area contributed by atoms with Crippen LogP contribution >= 0.6 is 0 Å². The molecule has 0 saturated carbocycles. The Morgan fingerprint density at radius 1 is 1.56 bits per heavy atom. The van der Waals surface area contributed by atoms with E-state index >= 15 is 0 Å². The largest absolute Gasteiger partial charge is 0.499 e. The van der Waals surface area contributed by atoms with E-state index in [-0.39, 0.29) is 0 Å². The van der Waals surface area contributed by atoms with Crippen LogP contribution in [-0.2, 0) is 4.74 Å². The number of hydrogen-bond acceptors (Lipinski definition) is 1. The molecule has 1 heteroatoms. The van der Waals surface area contributed by atoms with Crippen molar-refractivity contribution in [3.05, 3.63) is 24.0 Å². The molecule has 0 heterocycles. The van der Waals surface area contributed by atoms with Crippen LogP contribution < -0.4 is 0 Å². The predicted molar refractivity (Wildman–Crippen MR) is 40.2 cm³/mol. The monoisotopic (exact) mass is 126 g/mol. The van der Waals surface area contributed by atoms with Crippen LogP contribution in [-0.4, -0.2) is 6.61 Å². The van der Waals surface area contributed by atoms with Gasteiger partial charge in [0.1, 0.15) is 0 Å². The normalized spacial score (nSPS) is 12.6. The molecule has 0 aliphatic heterocycles. The van der Waals surface area contributed by atoms with Crippen LogP contribution in [0.5, 0.6) is 0 Å². The van der Waals surface area contributed by atoms with Crippen LogP contribution in [0.25, 0.3) is 0 Å². The Morgan fingerprint density at radius 3 is 2.67 bits per heavy atom. The summed E-state index contributed by atoms with van der Waals surface area (Å²) in [5.41, 5.74) is 0. The molecule has 9 heavy (non-hydrogen) atoms. The van der Waals surface area contributed by atoms with Crippen molar-refractivity contribution < 1.29 is 4.74 Å². The van der Waals surface area contributed by atoms with E-state index in [1.807, 2.05) is 39.0 Å². The second kappa shape index (κ2) is 5.42. The molecule has 0 spiro atoms. The molecule has 0 amide bonds. The fourth-order valence-corrected chi connectivity index (χ4v) is 0.508. The van der Waals surface area contributed by atoms with Gasteiger partial charge in [0, 0.05) is 0 Å². The lowest BCUT2D eigenvalue weighted by Gasteiger charge is -1.98. The zero-order chi connectivity index (χ0) is 7.11. The fraction of sp³-hybridized carbons (Fsp3) is 0.500. The van der Waals surface area contributed by atoms with E-state index in [0.717, 1.165) is 12.4 Å². The van der Waals surface area contributed by atoms with E-state index in [9.17, 15) is 0 Å². The van der Waals surface area contributed by atoms with Crippen LogP contribution in [0, 0.1) is 0 Å². The summed E-state index contributed by atoms with van der Waals surface area (Å²) in [6.07, 6.45) is 5.89. The smallest absolute Gasteiger partial charge is 0.0928 e. The van der Waals surface area contributed by atoms with Crippen LogP contribution in [0.15, 0.2) is 24.0 Å². The van der Waals surface area contributed by atoms with E-state index < -0.39 is 0 Å². The average Bonchev–Trinajstić information content (AvgIpc) is 1.85. The third-order valence-electron chi connectivity index (χ3n) is 0.895. The molecule has 0 unspecified atom stereocenters. The number of ether oxygens (including phenoxy) is 1. The minimum atomic E-state index is 0.750. The second-order valence-electron chi connectivity index (χ2n) is 1.74. The molecule has 1 nitrogen and oxygen atoms in total. The molecule has 0 fully saturated rings. The van der Waals surface area contributed by atoms with Crippen molar-refractivity contribution in [3.63, 3.8) is 0 Å². The van der Waals surface area contributed by atoms with Gasteiger partial charge in [0.05, 0.1) is 12.4 Å². The Labute approximate surface area is 57.0 Å². The Morgan fingerprint density at radius 2 is 2.22 bits per heavy atom. The van der Waals surface area contributed by atoms with Crippen LogP contribution in [0.2, 0.25) is 0 Å². The number of allylic oxidation sites excluding steroid dienone is 4. The maximum absolute atomic E-state index is 5.15. The first-order valence-electron chi connectivity index (χ1n) is 3.23. The lowest BCUT2D eigenvalue weighted by atomic mass is 10.4. The molecule has 0 aromatic heterocycles. The molecule has 0 aliphatic carbocycles. The van der Waals surface area contributed by atoms with Crippen molar-refractivity contribution in [2.45, 2.75) is 20.8 Å². The molecule has 0 aromatic rings. The summed E-state index contributed by atoms with van der Waals surface area (Å²) in [7, 11) is 0. The van der Waals surface area contributed by atoms with E-state index in [4.69, 9.17) is 4.74 Å². The van der Waals surface area contributed by atoms with Gasteiger partial charge >= 0.3 is 0 Å². The van der Waals surface area contributed by atoms with Gasteiger partial charge in [0.25, 0.3) is 0 Å². The summed E-state index contributed by atoms with van der Waals surface area (Å²) >= 11 is 0. The zero-order valence-electron chi connectivity index (χ0n) is 6.35. The maximum Gasteiger partial charge on any atom is 0.0928 e. The average molecular weight is 126 g/mol. The van der Waals surface area contributed by atoms with Crippen LogP contribution in [0.4, 0.5) is 0 Å². The minimum absolute atomic E-state index is 0.750. The molecule has 0 rings (SSSR count). The van der Waals surface area contributed by atoms with Crippen molar-refractivity contribution in [1.29, 1.82) is 0 Å². The Hall–Kier alpha value is -0.720. The second-order valence-corrected chi connectivity index (χ2v) is 1.74. The van der Waals surface area contributed by atoms with Gasteiger partial charge in [-0.1, -0.05) is 12.2 Å². The highest BCUT2D eigenvalue weighted by Gasteiger charge is 1.79. The Kier molecular flexibility index (Phi) is 4.98. The number of hydrogen-bond donors (Lipinski definition) is 0. The summed E-state index contributed by atoms with van der Waals surface area (Å²) in [6.45, 7) is 6.66. The highest BCUT2D eigenvalue weighted by molar-refractivity contribution is 5.04. The van der Waals surface area contributed by atoms with E-state index in [1.165, 1.54) is 0 Å². The van der Waals surface area contributed by atoms with E-state index in [1.54, 1.807) is 0 Å². The predicted octanol–water partition coefficient (Wildman–Crippen LogP) is 2.50. The van der Waals surface area contributed by atoms with Gasteiger partial charge < -0.3 is 4.74 Å². The van der Waals surface area contributed by atoms with Crippen molar-refractivity contribution in [1.82, 2.24) is 0 Å². The molecular formula is C8H14O. The topological polar surface area (TPSA) is 9.23 Å². The van der Waals surface area contributed by atoms with Gasteiger partial charge in [0.15, 0.2) is 0 Å². The Bertz CT molecular complexity index is 112. The van der Waals surface area contributed by atoms with Crippen molar-refractivity contribution >= 4 is 0 Å². The molecule has 0 aromatic carbocycles. The van der Waals surface area contributed by atoms with Gasteiger partial charge in [0.2, 0.25) is 0 Å². The summed E-state index contributed by atoms with van der Waals surface area (Å²) in [6, 6.07) is 0. The molecule has 52 valence electrons. The van der Waals surface area contributed by atoms with Gasteiger partial charge in [-0.15, -0.1) is 0 Å². The van der Waals surface area contributed by atoms with Crippen molar-refractivity contribution in [2.75, 3.05) is 6.61 Å². The van der Waals surface area contributed by atoms with Gasteiger partial charge in [-0.3, -0.25) is 0 Å².